The van der Waals surface area contributed by atoms with E-state index in [0.29, 0.717) is 5.69 Å². The molecule has 2 N–H and O–H groups in total. The lowest BCUT2D eigenvalue weighted by atomic mass is 10.2. The summed E-state index contributed by atoms with van der Waals surface area (Å²) in [6.07, 6.45) is -4.37. The minimum absolute atomic E-state index is 0.163. The first-order chi connectivity index (χ1) is 5.95. The zero-order valence-corrected chi connectivity index (χ0v) is 7.24. The number of aromatic amines is 1. The van der Waals surface area contributed by atoms with Crippen LogP contribution in [-0.2, 0) is 6.18 Å². The molecule has 1 rings (SSSR count). The molecule has 0 aliphatic carbocycles. The van der Waals surface area contributed by atoms with E-state index in [1.165, 1.54) is 0 Å². The number of nitrogens with zero attached hydrogens (tertiary/aromatic N) is 1. The topological polar surface area (TPSA) is 40.7 Å². The second-order valence-corrected chi connectivity index (χ2v) is 2.72. The third-order valence-electron chi connectivity index (χ3n) is 1.79. The molecule has 1 aromatic heterocycles. The minimum Gasteiger partial charge on any atom is -0.312 e. The summed E-state index contributed by atoms with van der Waals surface area (Å²) in [5.74, 6) is 0. The average Bonchev–Trinajstić information content (AvgIpc) is 2.50. The lowest BCUT2D eigenvalue weighted by Crippen LogP contribution is -2.12. The Morgan fingerprint density at radius 2 is 2.15 bits per heavy atom. The van der Waals surface area contributed by atoms with Gasteiger partial charge in [0.15, 0.2) is 5.69 Å². The van der Waals surface area contributed by atoms with Crippen molar-refractivity contribution in [2.75, 3.05) is 7.05 Å². The van der Waals surface area contributed by atoms with Gasteiger partial charge in [0.25, 0.3) is 0 Å². The highest BCUT2D eigenvalue weighted by Gasteiger charge is 2.34. The Hall–Kier alpha value is -1.04. The number of nitrogens with one attached hydrogen (secondary N) is 2. The highest BCUT2D eigenvalue weighted by molar-refractivity contribution is 5.14. The maximum absolute atomic E-state index is 12.1. The van der Waals surface area contributed by atoms with E-state index in [-0.39, 0.29) is 6.04 Å². The average molecular weight is 193 g/mol. The molecule has 13 heavy (non-hydrogen) atoms. The molecule has 1 aromatic rings. The molecular formula is C7H10F3N3. The number of aromatic nitrogens is 2. The van der Waals surface area contributed by atoms with Crippen LogP contribution in [0.5, 0.6) is 0 Å². The largest absolute Gasteiger partial charge is 0.435 e. The van der Waals surface area contributed by atoms with Gasteiger partial charge in [-0.25, -0.2) is 0 Å². The molecule has 0 saturated carbocycles. The molecule has 1 atom stereocenters. The molecule has 3 nitrogen and oxygen atoms in total. The van der Waals surface area contributed by atoms with Crippen LogP contribution in [0.2, 0.25) is 0 Å². The van der Waals surface area contributed by atoms with Gasteiger partial charge in [0.05, 0.1) is 5.69 Å². The van der Waals surface area contributed by atoms with Crippen molar-refractivity contribution in [2.45, 2.75) is 19.1 Å². The van der Waals surface area contributed by atoms with E-state index in [2.05, 4.69) is 15.5 Å². The number of rotatable bonds is 2. The maximum atomic E-state index is 12.1. The Kier molecular flexibility index (Phi) is 2.60. The van der Waals surface area contributed by atoms with E-state index in [4.69, 9.17) is 0 Å². The molecule has 0 saturated heterocycles. The van der Waals surface area contributed by atoms with Crippen molar-refractivity contribution in [3.63, 3.8) is 0 Å². The van der Waals surface area contributed by atoms with Gasteiger partial charge in [-0.05, 0) is 20.0 Å². The molecule has 74 valence electrons. The number of hydrogen-bond acceptors (Lipinski definition) is 2. The number of halogens is 3. The smallest absolute Gasteiger partial charge is 0.312 e. The van der Waals surface area contributed by atoms with Crippen molar-refractivity contribution in [3.05, 3.63) is 17.5 Å². The van der Waals surface area contributed by atoms with Crippen molar-refractivity contribution >= 4 is 0 Å². The molecule has 0 radical (unpaired) electrons. The number of H-pyrrole nitrogens is 1. The van der Waals surface area contributed by atoms with E-state index in [1.807, 2.05) is 0 Å². The monoisotopic (exact) mass is 193 g/mol. The predicted octanol–water partition coefficient (Wildman–Crippen LogP) is 1.71. The summed E-state index contributed by atoms with van der Waals surface area (Å²) in [5, 5.41) is 8.30. The van der Waals surface area contributed by atoms with Gasteiger partial charge in [-0.3, -0.25) is 5.10 Å². The molecule has 0 aliphatic heterocycles. The van der Waals surface area contributed by atoms with Crippen LogP contribution < -0.4 is 5.32 Å². The molecule has 0 fully saturated rings. The Morgan fingerprint density at radius 1 is 1.54 bits per heavy atom. The summed E-state index contributed by atoms with van der Waals surface area (Å²) in [4.78, 5) is 0. The summed E-state index contributed by atoms with van der Waals surface area (Å²) in [6, 6.07) is 0.838. The van der Waals surface area contributed by atoms with Crippen molar-refractivity contribution < 1.29 is 13.2 Å². The van der Waals surface area contributed by atoms with E-state index in [9.17, 15) is 13.2 Å². The van der Waals surface area contributed by atoms with Crippen LogP contribution >= 0.6 is 0 Å². The fraction of sp³-hybridized carbons (Fsp3) is 0.571. The van der Waals surface area contributed by atoms with Crippen LogP contribution in [0.15, 0.2) is 6.07 Å². The second kappa shape index (κ2) is 3.37. The van der Waals surface area contributed by atoms with E-state index >= 15 is 0 Å². The van der Waals surface area contributed by atoms with Gasteiger partial charge < -0.3 is 5.32 Å². The van der Waals surface area contributed by atoms with E-state index < -0.39 is 11.9 Å². The van der Waals surface area contributed by atoms with Crippen LogP contribution in [0.3, 0.4) is 0 Å². The minimum atomic E-state index is -4.37. The summed E-state index contributed by atoms with van der Waals surface area (Å²) in [7, 11) is 1.67. The first-order valence-electron chi connectivity index (χ1n) is 3.75. The van der Waals surface area contributed by atoms with Gasteiger partial charge in [-0.2, -0.15) is 18.3 Å². The third-order valence-corrected chi connectivity index (χ3v) is 1.79. The van der Waals surface area contributed by atoms with Gasteiger partial charge >= 0.3 is 6.18 Å². The van der Waals surface area contributed by atoms with Crippen LogP contribution in [0.4, 0.5) is 13.2 Å². The van der Waals surface area contributed by atoms with Gasteiger partial charge in [-0.1, -0.05) is 0 Å². The SMILES string of the molecule is CNC(C)c1cc(C(F)(F)F)n[nH]1. The van der Waals surface area contributed by atoms with Gasteiger partial charge in [0.1, 0.15) is 0 Å². The molecule has 0 amide bonds. The third kappa shape index (κ3) is 2.21. The van der Waals surface area contributed by atoms with E-state index in [0.717, 1.165) is 6.07 Å². The standard InChI is InChI=1S/C7H10F3N3/c1-4(11-2)5-3-6(13-12-5)7(8,9)10/h3-4,11H,1-2H3,(H,12,13). The lowest BCUT2D eigenvalue weighted by molar-refractivity contribution is -0.141. The number of hydrogen-bond donors (Lipinski definition) is 2. The van der Waals surface area contributed by atoms with Crippen LogP contribution in [0.25, 0.3) is 0 Å². The van der Waals surface area contributed by atoms with E-state index in [1.54, 1.807) is 14.0 Å². The zero-order valence-electron chi connectivity index (χ0n) is 7.24. The first-order valence-corrected chi connectivity index (χ1v) is 3.75. The quantitative estimate of drug-likeness (QED) is 0.750. The molecule has 1 unspecified atom stereocenters. The summed E-state index contributed by atoms with van der Waals surface area (Å²) in [5.41, 5.74) is -0.459. The van der Waals surface area contributed by atoms with Gasteiger partial charge in [-0.15, -0.1) is 0 Å². The number of alkyl halides is 3. The maximum Gasteiger partial charge on any atom is 0.435 e. The van der Waals surface area contributed by atoms with Gasteiger partial charge in [0.2, 0.25) is 0 Å². The molecule has 0 spiro atoms. The highest BCUT2D eigenvalue weighted by atomic mass is 19.4. The van der Waals surface area contributed by atoms with Gasteiger partial charge in [0, 0.05) is 6.04 Å². The Labute approximate surface area is 73.3 Å². The van der Waals surface area contributed by atoms with Crippen molar-refractivity contribution in [1.82, 2.24) is 15.5 Å². The second-order valence-electron chi connectivity index (χ2n) is 2.72. The Morgan fingerprint density at radius 3 is 2.54 bits per heavy atom. The highest BCUT2D eigenvalue weighted by Crippen LogP contribution is 2.28. The fourth-order valence-corrected chi connectivity index (χ4v) is 0.859. The zero-order chi connectivity index (χ0) is 10.1. The first kappa shape index (κ1) is 10.0. The summed E-state index contributed by atoms with van der Waals surface area (Å²) in [6.45, 7) is 1.74. The summed E-state index contributed by atoms with van der Waals surface area (Å²) >= 11 is 0. The Balaban J connectivity index is 2.87. The summed E-state index contributed by atoms with van der Waals surface area (Å²) < 4.78 is 36.2. The molecule has 6 heteroatoms. The molecular weight excluding hydrogens is 183 g/mol. The van der Waals surface area contributed by atoms with Crippen molar-refractivity contribution in [2.24, 2.45) is 0 Å². The Bertz CT molecular complexity index is 279. The fourth-order valence-electron chi connectivity index (χ4n) is 0.859. The molecule has 0 bridgehead atoms. The van der Waals surface area contributed by atoms with Crippen LogP contribution in [0.1, 0.15) is 24.4 Å². The van der Waals surface area contributed by atoms with Crippen molar-refractivity contribution in [3.8, 4) is 0 Å². The molecule has 1 heterocycles. The van der Waals surface area contributed by atoms with Crippen LogP contribution in [0, 0.1) is 0 Å². The van der Waals surface area contributed by atoms with Crippen LogP contribution in [-0.4, -0.2) is 17.2 Å². The molecule has 0 aromatic carbocycles. The lowest BCUT2D eigenvalue weighted by Gasteiger charge is -2.05. The van der Waals surface area contributed by atoms with Crippen molar-refractivity contribution in [1.29, 1.82) is 0 Å². The predicted molar refractivity (Wildman–Crippen MR) is 41.1 cm³/mol. The normalized spacial score (nSPS) is 14.5. The molecule has 0 aliphatic rings.